The molecule has 120 valence electrons. The van der Waals surface area contributed by atoms with Gasteiger partial charge >= 0.3 is 0 Å². The number of carbonyl (C=O) groups excluding carboxylic acids is 2. The van der Waals surface area contributed by atoms with Gasteiger partial charge in [0.1, 0.15) is 0 Å². The van der Waals surface area contributed by atoms with Crippen LogP contribution in [-0.4, -0.2) is 36.3 Å². The van der Waals surface area contributed by atoms with Gasteiger partial charge in [0.15, 0.2) is 0 Å². The van der Waals surface area contributed by atoms with E-state index in [1.54, 1.807) is 11.0 Å². The first-order valence-electron chi connectivity index (χ1n) is 7.51. The zero-order valence-corrected chi connectivity index (χ0v) is 14.0. The molecule has 0 aliphatic rings. The number of carbonyl (C=O) groups is 2. The van der Waals surface area contributed by atoms with Crippen molar-refractivity contribution in [2.75, 3.05) is 19.6 Å². The van der Waals surface area contributed by atoms with Crippen molar-refractivity contribution >= 4 is 11.8 Å². The lowest BCUT2D eigenvalue weighted by Gasteiger charge is -2.20. The molecule has 4 nitrogen and oxygen atoms in total. The molecule has 0 atom stereocenters. The lowest BCUT2D eigenvalue weighted by atomic mass is 9.87. The summed E-state index contributed by atoms with van der Waals surface area (Å²) in [6, 6.07) is 7.63. The van der Waals surface area contributed by atoms with Gasteiger partial charge in [-0.05, 0) is 23.1 Å². The predicted molar refractivity (Wildman–Crippen MR) is 89.9 cm³/mol. The Hall–Kier alpha value is -2.10. The Kier molecular flexibility index (Phi) is 6.35. The van der Waals surface area contributed by atoms with Crippen molar-refractivity contribution in [2.45, 2.75) is 33.1 Å². The highest BCUT2D eigenvalue weighted by Crippen LogP contribution is 2.22. The monoisotopic (exact) mass is 302 g/mol. The van der Waals surface area contributed by atoms with E-state index >= 15 is 0 Å². The van der Waals surface area contributed by atoms with Crippen LogP contribution in [0.1, 0.15) is 43.6 Å². The van der Waals surface area contributed by atoms with Gasteiger partial charge in [-0.2, -0.15) is 0 Å². The third kappa shape index (κ3) is 5.35. The molecule has 0 unspecified atom stereocenters. The highest BCUT2D eigenvalue weighted by Gasteiger charge is 2.14. The highest BCUT2D eigenvalue weighted by molar-refractivity contribution is 5.94. The van der Waals surface area contributed by atoms with Crippen LogP contribution < -0.4 is 5.32 Å². The maximum Gasteiger partial charge on any atom is 0.251 e. The molecule has 1 N–H and O–H groups in total. The molecule has 0 bridgehead atoms. The Bertz CT molecular complexity index is 527. The van der Waals surface area contributed by atoms with Crippen molar-refractivity contribution in [3.05, 3.63) is 48.0 Å². The highest BCUT2D eigenvalue weighted by atomic mass is 16.2. The van der Waals surface area contributed by atoms with E-state index in [-0.39, 0.29) is 17.2 Å². The van der Waals surface area contributed by atoms with Crippen LogP contribution in [0.15, 0.2) is 36.9 Å². The summed E-state index contributed by atoms with van der Waals surface area (Å²) in [5.74, 6) is -0.147. The minimum Gasteiger partial charge on any atom is -0.350 e. The van der Waals surface area contributed by atoms with Gasteiger partial charge < -0.3 is 10.2 Å². The maximum atomic E-state index is 12.1. The largest absolute Gasteiger partial charge is 0.350 e. The molecule has 0 aliphatic carbocycles. The quantitative estimate of drug-likeness (QED) is 0.821. The van der Waals surface area contributed by atoms with Gasteiger partial charge in [-0.25, -0.2) is 0 Å². The summed E-state index contributed by atoms with van der Waals surface area (Å²) in [5.41, 5.74) is 1.89. The van der Waals surface area contributed by atoms with Gasteiger partial charge in [0.05, 0.1) is 0 Å². The number of nitrogens with one attached hydrogen (secondary N) is 1. The zero-order valence-electron chi connectivity index (χ0n) is 14.0. The fourth-order valence-electron chi connectivity index (χ4n) is 2.06. The molecule has 0 radical (unpaired) electrons. The van der Waals surface area contributed by atoms with Crippen LogP contribution in [0.3, 0.4) is 0 Å². The van der Waals surface area contributed by atoms with E-state index in [0.717, 1.165) is 0 Å². The minimum absolute atomic E-state index is 0.0244. The predicted octanol–water partition coefficient (Wildman–Crippen LogP) is 2.75. The fraction of sp³-hybridized carbons (Fsp3) is 0.444. The van der Waals surface area contributed by atoms with Crippen molar-refractivity contribution in [1.29, 1.82) is 0 Å². The summed E-state index contributed by atoms with van der Waals surface area (Å²) in [6.07, 6.45) is 1.68. The molecule has 0 saturated heterocycles. The van der Waals surface area contributed by atoms with E-state index in [0.29, 0.717) is 25.2 Å². The number of hydrogen-bond acceptors (Lipinski definition) is 2. The lowest BCUT2D eigenvalue weighted by Crippen LogP contribution is -2.37. The third-order valence-electron chi connectivity index (χ3n) is 3.48. The number of rotatable bonds is 6. The third-order valence-corrected chi connectivity index (χ3v) is 3.48. The van der Waals surface area contributed by atoms with E-state index in [1.165, 1.54) is 12.5 Å². The minimum atomic E-state index is -0.123. The summed E-state index contributed by atoms with van der Waals surface area (Å²) >= 11 is 0. The van der Waals surface area contributed by atoms with Crippen molar-refractivity contribution < 1.29 is 9.59 Å². The lowest BCUT2D eigenvalue weighted by molar-refractivity contribution is -0.128. The Morgan fingerprint density at radius 1 is 1.23 bits per heavy atom. The van der Waals surface area contributed by atoms with Gasteiger partial charge in [0, 0.05) is 32.1 Å². The Morgan fingerprint density at radius 2 is 1.82 bits per heavy atom. The van der Waals surface area contributed by atoms with Gasteiger partial charge in [-0.15, -0.1) is 6.58 Å². The van der Waals surface area contributed by atoms with Crippen molar-refractivity contribution in [3.63, 3.8) is 0 Å². The molecule has 0 saturated carbocycles. The van der Waals surface area contributed by atoms with E-state index < -0.39 is 0 Å². The van der Waals surface area contributed by atoms with Gasteiger partial charge in [0.2, 0.25) is 5.91 Å². The molecule has 2 amide bonds. The molecule has 1 aromatic carbocycles. The summed E-state index contributed by atoms with van der Waals surface area (Å²) in [7, 11) is 0. The van der Waals surface area contributed by atoms with Crippen molar-refractivity contribution in [3.8, 4) is 0 Å². The van der Waals surface area contributed by atoms with Crippen LogP contribution in [-0.2, 0) is 10.2 Å². The van der Waals surface area contributed by atoms with Crippen molar-refractivity contribution in [2.24, 2.45) is 0 Å². The number of hydrogen-bond donors (Lipinski definition) is 1. The van der Waals surface area contributed by atoms with Crippen LogP contribution in [0.25, 0.3) is 0 Å². The number of nitrogens with zero attached hydrogens (tertiary/aromatic N) is 1. The Morgan fingerprint density at radius 3 is 2.27 bits per heavy atom. The molecule has 22 heavy (non-hydrogen) atoms. The first-order chi connectivity index (χ1) is 10.3. The molecule has 1 rings (SSSR count). The standard InChI is InChI=1S/C18H26N2O2/c1-6-12-20(14(2)21)13-11-19-17(22)15-7-9-16(10-8-15)18(3,4)5/h6-10H,1,11-13H2,2-5H3,(H,19,22). The number of benzene rings is 1. The van der Waals surface area contributed by atoms with Gasteiger partial charge in [-0.1, -0.05) is 39.0 Å². The first kappa shape index (κ1) is 18.0. The Balaban J connectivity index is 2.55. The molecule has 0 aromatic heterocycles. The van der Waals surface area contributed by atoms with E-state index in [9.17, 15) is 9.59 Å². The fourth-order valence-corrected chi connectivity index (χ4v) is 2.06. The summed E-state index contributed by atoms with van der Waals surface area (Å²) in [4.78, 5) is 25.1. The zero-order chi connectivity index (χ0) is 16.8. The molecule has 0 fully saturated rings. The Labute approximate surface area is 133 Å². The van der Waals surface area contributed by atoms with E-state index in [1.807, 2.05) is 24.3 Å². The average molecular weight is 302 g/mol. The van der Waals surface area contributed by atoms with Gasteiger partial charge in [-0.3, -0.25) is 9.59 Å². The van der Waals surface area contributed by atoms with Crippen LogP contribution in [0.4, 0.5) is 0 Å². The molecule has 4 heteroatoms. The van der Waals surface area contributed by atoms with Crippen LogP contribution >= 0.6 is 0 Å². The second kappa shape index (κ2) is 7.78. The topological polar surface area (TPSA) is 49.4 Å². The second-order valence-electron chi connectivity index (χ2n) is 6.34. The molecule has 0 heterocycles. The van der Waals surface area contributed by atoms with Gasteiger partial charge in [0.25, 0.3) is 5.91 Å². The first-order valence-corrected chi connectivity index (χ1v) is 7.51. The normalized spacial score (nSPS) is 10.9. The summed E-state index contributed by atoms with van der Waals surface area (Å²) < 4.78 is 0. The number of amides is 2. The van der Waals surface area contributed by atoms with E-state index in [2.05, 4.69) is 32.7 Å². The van der Waals surface area contributed by atoms with Crippen molar-refractivity contribution in [1.82, 2.24) is 10.2 Å². The molecular weight excluding hydrogens is 276 g/mol. The van der Waals surface area contributed by atoms with Crippen LogP contribution in [0.2, 0.25) is 0 Å². The summed E-state index contributed by atoms with van der Waals surface area (Å²) in [6.45, 7) is 12.9. The maximum absolute atomic E-state index is 12.1. The molecule has 0 spiro atoms. The second-order valence-corrected chi connectivity index (χ2v) is 6.34. The summed E-state index contributed by atoms with van der Waals surface area (Å²) in [5, 5.41) is 2.83. The SMILES string of the molecule is C=CCN(CCNC(=O)c1ccc(C(C)(C)C)cc1)C(C)=O. The molecule has 0 aliphatic heterocycles. The van der Waals surface area contributed by atoms with Crippen LogP contribution in [0.5, 0.6) is 0 Å². The molecular formula is C18H26N2O2. The smallest absolute Gasteiger partial charge is 0.251 e. The van der Waals surface area contributed by atoms with Crippen LogP contribution in [0, 0.1) is 0 Å². The van der Waals surface area contributed by atoms with E-state index in [4.69, 9.17) is 0 Å². The average Bonchev–Trinajstić information content (AvgIpc) is 2.45. The molecule has 1 aromatic rings.